The monoisotopic (exact) mass is 240 g/mol. The van der Waals surface area contributed by atoms with Crippen LogP contribution in [-0.2, 0) is 0 Å². The van der Waals surface area contributed by atoms with Crippen molar-refractivity contribution in [2.45, 2.75) is 11.3 Å². The summed E-state index contributed by atoms with van der Waals surface area (Å²) in [5, 5.41) is 4.22. The minimum atomic E-state index is 0.691. The van der Waals surface area contributed by atoms with Crippen molar-refractivity contribution in [2.75, 3.05) is 0 Å². The normalized spacial score (nSPS) is 10.4. The predicted molar refractivity (Wildman–Crippen MR) is 64.3 cm³/mol. The van der Waals surface area contributed by atoms with E-state index >= 15 is 0 Å². The van der Waals surface area contributed by atoms with Gasteiger partial charge in [-0.05, 0) is 36.8 Å². The van der Waals surface area contributed by atoms with Gasteiger partial charge in [-0.25, -0.2) is 4.68 Å². The fourth-order valence-corrected chi connectivity index (χ4v) is 2.62. The molecule has 0 spiro atoms. The van der Waals surface area contributed by atoms with Crippen LogP contribution >= 0.6 is 36.2 Å². The first-order chi connectivity index (χ1) is 6.66. The maximum Gasteiger partial charge on any atom is 0.184 e. The zero-order valence-corrected chi connectivity index (χ0v) is 9.99. The van der Waals surface area contributed by atoms with E-state index in [-0.39, 0.29) is 0 Å². The third-order valence-corrected chi connectivity index (χ3v) is 3.18. The van der Waals surface area contributed by atoms with E-state index in [4.69, 9.17) is 12.2 Å². The number of benzene rings is 1. The maximum absolute atomic E-state index is 5.17. The van der Waals surface area contributed by atoms with Gasteiger partial charge in [-0.15, -0.1) is 17.7 Å². The highest BCUT2D eigenvalue weighted by molar-refractivity contribution is 7.83. The zero-order chi connectivity index (χ0) is 10.1. The number of rotatable bonds is 1. The molecule has 0 fully saturated rings. The van der Waals surface area contributed by atoms with Crippen LogP contribution < -0.4 is 0 Å². The Labute approximate surface area is 96.6 Å². The van der Waals surface area contributed by atoms with Crippen molar-refractivity contribution >= 4 is 36.2 Å². The molecule has 0 saturated heterocycles. The van der Waals surface area contributed by atoms with Crippen LogP contribution in [0.4, 0.5) is 0 Å². The molecular formula is C9H8N2S3. The standard InChI is InChI=1S/C9H8N2S3/c1-6-3-2-4-7(5-6)11-9(13)14-8(12)10-11/h2-5H,1H3,(H,10,12). The summed E-state index contributed by atoms with van der Waals surface area (Å²) in [6.45, 7) is 2.04. The second-order valence-electron chi connectivity index (χ2n) is 2.90. The molecule has 2 rings (SSSR count). The number of hydrogen-bond donors (Lipinski definition) is 1. The molecule has 0 aliphatic heterocycles. The molecule has 2 aromatic rings. The fraction of sp³-hybridized carbons (Fsp3) is 0.111. The van der Waals surface area contributed by atoms with Crippen LogP contribution in [0.2, 0.25) is 0 Å². The van der Waals surface area contributed by atoms with Crippen LogP contribution in [0.25, 0.3) is 5.69 Å². The molecule has 0 radical (unpaired) electrons. The van der Waals surface area contributed by atoms with E-state index in [1.807, 2.05) is 31.2 Å². The Kier molecular flexibility index (Phi) is 2.71. The first-order valence-corrected chi connectivity index (χ1v) is 5.70. The molecule has 5 heteroatoms. The Bertz CT molecular complexity index is 513. The second kappa shape index (κ2) is 3.84. The number of thiol groups is 1. The van der Waals surface area contributed by atoms with Gasteiger partial charge in [0, 0.05) is 0 Å². The SMILES string of the molecule is Cc1cccc(-n2nc(S)sc2=S)c1. The minimum absolute atomic E-state index is 0.691. The molecular weight excluding hydrogens is 232 g/mol. The largest absolute Gasteiger partial charge is 0.211 e. The molecule has 1 aromatic carbocycles. The van der Waals surface area contributed by atoms with E-state index in [0.29, 0.717) is 4.34 Å². The van der Waals surface area contributed by atoms with Crippen LogP contribution in [0.5, 0.6) is 0 Å². The number of nitrogens with zero attached hydrogens (tertiary/aromatic N) is 2. The fourth-order valence-electron chi connectivity index (χ4n) is 1.19. The molecule has 0 saturated carbocycles. The molecule has 72 valence electrons. The highest BCUT2D eigenvalue weighted by Crippen LogP contribution is 2.17. The molecule has 0 amide bonds. The Hall–Kier alpha value is -0.650. The van der Waals surface area contributed by atoms with Gasteiger partial charge >= 0.3 is 0 Å². The van der Waals surface area contributed by atoms with Crippen molar-refractivity contribution in [3.05, 3.63) is 33.8 Å². The summed E-state index contributed by atoms with van der Waals surface area (Å²) >= 11 is 10.7. The molecule has 1 aromatic heterocycles. The molecule has 0 bridgehead atoms. The summed E-state index contributed by atoms with van der Waals surface area (Å²) < 4.78 is 3.15. The van der Waals surface area contributed by atoms with Gasteiger partial charge in [0.1, 0.15) is 0 Å². The van der Waals surface area contributed by atoms with Gasteiger partial charge in [0.15, 0.2) is 8.29 Å². The molecule has 0 atom stereocenters. The van der Waals surface area contributed by atoms with Gasteiger partial charge in [0.25, 0.3) is 0 Å². The first kappa shape index (κ1) is 9.89. The highest BCUT2D eigenvalue weighted by Gasteiger charge is 2.02. The Morgan fingerprint density at radius 3 is 2.86 bits per heavy atom. The van der Waals surface area contributed by atoms with Gasteiger partial charge in [0.05, 0.1) is 5.69 Å². The van der Waals surface area contributed by atoms with Crippen LogP contribution in [0, 0.1) is 10.9 Å². The molecule has 0 N–H and O–H groups in total. The summed E-state index contributed by atoms with van der Waals surface area (Å²) in [7, 11) is 0. The molecule has 2 nitrogen and oxygen atoms in total. The molecule has 0 aliphatic rings. The van der Waals surface area contributed by atoms with Gasteiger partial charge in [-0.2, -0.15) is 0 Å². The summed E-state index contributed by atoms with van der Waals surface area (Å²) in [5.41, 5.74) is 2.18. The second-order valence-corrected chi connectivity index (χ2v) is 5.25. The summed E-state index contributed by atoms with van der Waals surface area (Å²) in [6.07, 6.45) is 0. The van der Waals surface area contributed by atoms with Crippen molar-refractivity contribution in [3.63, 3.8) is 0 Å². The van der Waals surface area contributed by atoms with Crippen LogP contribution in [-0.4, -0.2) is 9.78 Å². The average Bonchev–Trinajstić information content (AvgIpc) is 2.45. The van der Waals surface area contributed by atoms with Crippen molar-refractivity contribution in [1.29, 1.82) is 0 Å². The Balaban J connectivity index is 2.60. The average molecular weight is 240 g/mol. The maximum atomic E-state index is 5.17. The lowest BCUT2D eigenvalue weighted by molar-refractivity contribution is 0.830. The lowest BCUT2D eigenvalue weighted by Gasteiger charge is -2.00. The molecule has 0 unspecified atom stereocenters. The van der Waals surface area contributed by atoms with Crippen molar-refractivity contribution < 1.29 is 0 Å². The van der Waals surface area contributed by atoms with Crippen LogP contribution in [0.3, 0.4) is 0 Å². The first-order valence-electron chi connectivity index (χ1n) is 4.03. The van der Waals surface area contributed by atoms with E-state index < -0.39 is 0 Å². The van der Waals surface area contributed by atoms with Gasteiger partial charge in [-0.1, -0.05) is 23.5 Å². The van der Waals surface area contributed by atoms with E-state index in [0.717, 1.165) is 9.64 Å². The Morgan fingerprint density at radius 1 is 1.50 bits per heavy atom. The number of hydrogen-bond acceptors (Lipinski definition) is 4. The highest BCUT2D eigenvalue weighted by atomic mass is 32.2. The van der Waals surface area contributed by atoms with Gasteiger partial charge < -0.3 is 0 Å². The van der Waals surface area contributed by atoms with Gasteiger partial charge in [-0.3, -0.25) is 0 Å². The topological polar surface area (TPSA) is 17.8 Å². The molecule has 1 heterocycles. The summed E-state index contributed by atoms with van der Waals surface area (Å²) in [4.78, 5) is 0. The third kappa shape index (κ3) is 1.89. The van der Waals surface area contributed by atoms with Crippen LogP contribution in [0.1, 0.15) is 5.56 Å². The van der Waals surface area contributed by atoms with Crippen molar-refractivity contribution in [1.82, 2.24) is 9.78 Å². The van der Waals surface area contributed by atoms with Crippen molar-refractivity contribution in [3.8, 4) is 5.69 Å². The Morgan fingerprint density at radius 2 is 2.29 bits per heavy atom. The summed E-state index contributed by atoms with van der Waals surface area (Å²) in [5.74, 6) is 0. The lowest BCUT2D eigenvalue weighted by Crippen LogP contribution is -1.95. The van der Waals surface area contributed by atoms with E-state index in [1.54, 1.807) is 4.68 Å². The third-order valence-electron chi connectivity index (χ3n) is 1.78. The smallest absolute Gasteiger partial charge is 0.184 e. The van der Waals surface area contributed by atoms with E-state index in [1.165, 1.54) is 16.9 Å². The summed E-state index contributed by atoms with van der Waals surface area (Å²) in [6, 6.07) is 8.06. The molecule has 0 aliphatic carbocycles. The molecule has 14 heavy (non-hydrogen) atoms. The quantitative estimate of drug-likeness (QED) is 0.609. The number of aryl methyl sites for hydroxylation is 1. The lowest BCUT2D eigenvalue weighted by atomic mass is 10.2. The van der Waals surface area contributed by atoms with Crippen molar-refractivity contribution in [2.24, 2.45) is 0 Å². The van der Waals surface area contributed by atoms with E-state index in [9.17, 15) is 0 Å². The predicted octanol–water partition coefficient (Wildman–Crippen LogP) is 3.26. The van der Waals surface area contributed by atoms with Crippen LogP contribution in [0.15, 0.2) is 28.6 Å². The van der Waals surface area contributed by atoms with Gasteiger partial charge in [0.2, 0.25) is 0 Å². The van der Waals surface area contributed by atoms with E-state index in [2.05, 4.69) is 17.7 Å². The number of aromatic nitrogens is 2. The zero-order valence-electron chi connectivity index (χ0n) is 7.47. The minimum Gasteiger partial charge on any atom is -0.211 e.